The number of hydrogen-bond acceptors (Lipinski definition) is 3. The van der Waals surface area contributed by atoms with E-state index in [0.717, 1.165) is 12.8 Å². The number of benzene rings is 1. The molecule has 1 aromatic carbocycles. The average Bonchev–Trinajstić information content (AvgIpc) is 3.21. The molecule has 0 aromatic heterocycles. The van der Waals surface area contributed by atoms with Crippen molar-refractivity contribution in [1.29, 1.82) is 0 Å². The van der Waals surface area contributed by atoms with Crippen LogP contribution in [0.1, 0.15) is 12.8 Å². The van der Waals surface area contributed by atoms with E-state index in [1.54, 1.807) is 18.2 Å². The fourth-order valence-electron chi connectivity index (χ4n) is 1.65. The van der Waals surface area contributed by atoms with E-state index in [0.29, 0.717) is 21.7 Å². The highest BCUT2D eigenvalue weighted by Gasteiger charge is 2.29. The van der Waals surface area contributed by atoms with Crippen molar-refractivity contribution in [3.05, 3.63) is 28.2 Å². The first kappa shape index (κ1) is 14.4. The van der Waals surface area contributed by atoms with Crippen LogP contribution in [0.4, 0.5) is 0 Å². The van der Waals surface area contributed by atoms with Gasteiger partial charge in [0.05, 0.1) is 11.1 Å². The van der Waals surface area contributed by atoms with Crippen molar-refractivity contribution in [3.63, 3.8) is 0 Å². The van der Waals surface area contributed by atoms with E-state index >= 15 is 0 Å². The lowest BCUT2D eigenvalue weighted by Gasteiger charge is -2.12. The minimum Gasteiger partial charge on any atom is -0.482 e. The van der Waals surface area contributed by atoms with Gasteiger partial charge < -0.3 is 15.2 Å². The molecule has 0 spiro atoms. The number of aliphatic hydroxyl groups is 1. The molecule has 0 aliphatic heterocycles. The average molecular weight is 304 g/mol. The number of rotatable bonds is 6. The van der Waals surface area contributed by atoms with Crippen LogP contribution in [0.15, 0.2) is 18.2 Å². The van der Waals surface area contributed by atoms with Crippen molar-refractivity contribution < 1.29 is 14.6 Å². The highest BCUT2D eigenvalue weighted by Crippen LogP contribution is 2.32. The quantitative estimate of drug-likeness (QED) is 0.847. The van der Waals surface area contributed by atoms with E-state index in [2.05, 4.69) is 5.32 Å². The Morgan fingerprint density at radius 1 is 1.47 bits per heavy atom. The number of aliphatic hydroxyl groups excluding tert-OH is 1. The zero-order valence-corrected chi connectivity index (χ0v) is 11.7. The molecule has 4 nitrogen and oxygen atoms in total. The number of carbonyl (C=O) groups excluding carboxylic acids is 1. The van der Waals surface area contributed by atoms with Gasteiger partial charge in [0.15, 0.2) is 6.61 Å². The SMILES string of the molecule is O=C(COc1cc(Cl)ccc1Cl)NCC(O)C1CC1. The van der Waals surface area contributed by atoms with Crippen LogP contribution in [0.5, 0.6) is 5.75 Å². The fourth-order valence-corrected chi connectivity index (χ4v) is 1.98. The number of hydrogen-bond donors (Lipinski definition) is 2. The third-order valence-electron chi connectivity index (χ3n) is 2.93. The van der Waals surface area contributed by atoms with Crippen molar-refractivity contribution in [2.75, 3.05) is 13.2 Å². The first-order chi connectivity index (χ1) is 9.06. The summed E-state index contributed by atoms with van der Waals surface area (Å²) in [6.07, 6.45) is 1.61. The molecule has 1 aliphatic rings. The molecule has 1 unspecified atom stereocenters. The monoisotopic (exact) mass is 303 g/mol. The van der Waals surface area contributed by atoms with Gasteiger partial charge in [-0.25, -0.2) is 0 Å². The van der Waals surface area contributed by atoms with Gasteiger partial charge in [-0.3, -0.25) is 4.79 Å². The van der Waals surface area contributed by atoms with Gasteiger partial charge in [-0.1, -0.05) is 23.2 Å². The first-order valence-corrected chi connectivity index (χ1v) is 6.84. The van der Waals surface area contributed by atoms with Crippen LogP contribution in [0.25, 0.3) is 0 Å². The molecule has 2 rings (SSSR count). The van der Waals surface area contributed by atoms with Gasteiger partial charge in [0.25, 0.3) is 5.91 Å². The Labute approximate surface area is 121 Å². The molecule has 0 heterocycles. The second-order valence-electron chi connectivity index (χ2n) is 4.57. The molecule has 1 fully saturated rings. The Balaban J connectivity index is 1.74. The second kappa shape index (κ2) is 6.46. The zero-order valence-electron chi connectivity index (χ0n) is 10.2. The van der Waals surface area contributed by atoms with Crippen LogP contribution in [0.2, 0.25) is 10.0 Å². The summed E-state index contributed by atoms with van der Waals surface area (Å²) in [5.41, 5.74) is 0. The smallest absolute Gasteiger partial charge is 0.258 e. The maximum Gasteiger partial charge on any atom is 0.258 e. The Kier molecular flexibility index (Phi) is 4.91. The molecule has 19 heavy (non-hydrogen) atoms. The predicted octanol–water partition coefficient (Wildman–Crippen LogP) is 2.26. The Hall–Kier alpha value is -0.970. The number of nitrogens with one attached hydrogen (secondary N) is 1. The topological polar surface area (TPSA) is 58.6 Å². The summed E-state index contributed by atoms with van der Waals surface area (Å²) in [4.78, 5) is 11.5. The lowest BCUT2D eigenvalue weighted by atomic mass is 10.2. The Morgan fingerprint density at radius 2 is 2.21 bits per heavy atom. The van der Waals surface area contributed by atoms with E-state index in [9.17, 15) is 9.90 Å². The van der Waals surface area contributed by atoms with Crippen molar-refractivity contribution >= 4 is 29.1 Å². The highest BCUT2D eigenvalue weighted by molar-refractivity contribution is 6.34. The van der Waals surface area contributed by atoms with Crippen LogP contribution < -0.4 is 10.1 Å². The van der Waals surface area contributed by atoms with Crippen LogP contribution in [-0.2, 0) is 4.79 Å². The third kappa shape index (κ3) is 4.56. The summed E-state index contributed by atoms with van der Waals surface area (Å²) in [6.45, 7) is 0.105. The molecular formula is C13H15Cl2NO3. The minimum absolute atomic E-state index is 0.155. The minimum atomic E-state index is -0.460. The summed E-state index contributed by atoms with van der Waals surface area (Å²) >= 11 is 11.7. The maximum atomic E-state index is 11.5. The van der Waals surface area contributed by atoms with Crippen molar-refractivity contribution in [2.45, 2.75) is 18.9 Å². The fraction of sp³-hybridized carbons (Fsp3) is 0.462. The molecule has 1 amide bonds. The molecule has 6 heteroatoms. The summed E-state index contributed by atoms with van der Waals surface area (Å²) in [7, 11) is 0. The molecule has 104 valence electrons. The Morgan fingerprint density at radius 3 is 2.89 bits per heavy atom. The molecule has 2 N–H and O–H groups in total. The van der Waals surface area contributed by atoms with Gasteiger partial charge in [0, 0.05) is 17.6 Å². The summed E-state index contributed by atoms with van der Waals surface area (Å²) in [5, 5.41) is 13.1. The predicted molar refractivity (Wildman–Crippen MR) is 73.7 cm³/mol. The Bertz CT molecular complexity index is 463. The lowest BCUT2D eigenvalue weighted by molar-refractivity contribution is -0.123. The van der Waals surface area contributed by atoms with Gasteiger partial charge >= 0.3 is 0 Å². The van der Waals surface area contributed by atoms with Gasteiger partial charge in [-0.15, -0.1) is 0 Å². The molecule has 0 radical (unpaired) electrons. The van der Waals surface area contributed by atoms with Crippen LogP contribution in [-0.4, -0.2) is 30.3 Å². The second-order valence-corrected chi connectivity index (χ2v) is 5.42. The number of ether oxygens (including phenoxy) is 1. The van der Waals surface area contributed by atoms with Gasteiger partial charge in [-0.2, -0.15) is 0 Å². The zero-order chi connectivity index (χ0) is 13.8. The molecule has 1 saturated carbocycles. The molecule has 0 saturated heterocycles. The van der Waals surface area contributed by atoms with Crippen molar-refractivity contribution in [3.8, 4) is 5.75 Å². The molecule has 1 aromatic rings. The standard InChI is InChI=1S/C13H15Cl2NO3/c14-9-3-4-10(15)12(5-9)19-7-13(18)16-6-11(17)8-1-2-8/h3-5,8,11,17H,1-2,6-7H2,(H,16,18). The van der Waals surface area contributed by atoms with Gasteiger partial charge in [0.1, 0.15) is 5.75 Å². The van der Waals surface area contributed by atoms with Gasteiger partial charge in [-0.05, 0) is 30.9 Å². The summed E-state index contributed by atoms with van der Waals surface area (Å²) in [5.74, 6) is 0.409. The van der Waals surface area contributed by atoms with Gasteiger partial charge in [0.2, 0.25) is 0 Å². The van der Waals surface area contributed by atoms with Crippen molar-refractivity contribution in [1.82, 2.24) is 5.32 Å². The largest absolute Gasteiger partial charge is 0.482 e. The maximum absolute atomic E-state index is 11.5. The lowest BCUT2D eigenvalue weighted by Crippen LogP contribution is -2.36. The highest BCUT2D eigenvalue weighted by atomic mass is 35.5. The van der Waals surface area contributed by atoms with E-state index in [-0.39, 0.29) is 19.1 Å². The summed E-state index contributed by atoms with van der Waals surface area (Å²) < 4.78 is 5.28. The van der Waals surface area contributed by atoms with E-state index in [1.165, 1.54) is 0 Å². The molecule has 1 atom stereocenters. The number of halogens is 2. The molecule has 0 bridgehead atoms. The summed E-state index contributed by atoms with van der Waals surface area (Å²) in [6, 6.07) is 4.80. The van der Waals surface area contributed by atoms with E-state index in [4.69, 9.17) is 27.9 Å². The first-order valence-electron chi connectivity index (χ1n) is 6.09. The molecule has 1 aliphatic carbocycles. The van der Waals surface area contributed by atoms with Crippen LogP contribution >= 0.6 is 23.2 Å². The number of amides is 1. The number of carbonyl (C=O) groups is 1. The molecular weight excluding hydrogens is 289 g/mol. The van der Waals surface area contributed by atoms with E-state index < -0.39 is 6.10 Å². The normalized spacial score (nSPS) is 15.9. The van der Waals surface area contributed by atoms with Crippen LogP contribution in [0, 0.1) is 5.92 Å². The van der Waals surface area contributed by atoms with Crippen LogP contribution in [0.3, 0.4) is 0 Å². The third-order valence-corrected chi connectivity index (χ3v) is 3.47. The van der Waals surface area contributed by atoms with Crippen molar-refractivity contribution in [2.24, 2.45) is 5.92 Å². The van der Waals surface area contributed by atoms with E-state index in [1.807, 2.05) is 0 Å².